The Bertz CT molecular complexity index is 1170. The van der Waals surface area contributed by atoms with Gasteiger partial charge < -0.3 is 0 Å². The molecule has 0 N–H and O–H groups in total. The summed E-state index contributed by atoms with van der Waals surface area (Å²) in [7, 11) is 0. The van der Waals surface area contributed by atoms with Crippen molar-refractivity contribution in [2.24, 2.45) is 0 Å². The normalized spacial score (nSPS) is 14.0. The molecule has 1 unspecified atom stereocenters. The maximum Gasteiger partial charge on any atom is 0.284 e. The lowest BCUT2D eigenvalue weighted by atomic mass is 9.97. The number of nitrogens with zero attached hydrogens (tertiary/aromatic N) is 3. The minimum atomic E-state index is -0.456. The van der Waals surface area contributed by atoms with Gasteiger partial charge in [0, 0.05) is 22.0 Å². The van der Waals surface area contributed by atoms with Crippen LogP contribution >= 0.6 is 34.7 Å². The molecule has 0 spiro atoms. The Hall–Kier alpha value is -1.90. The maximum atomic E-state index is 13.5. The summed E-state index contributed by atoms with van der Waals surface area (Å²) >= 11 is 8.69. The molecule has 1 atom stereocenters. The number of nitro groups is 1. The molecule has 1 aliphatic carbocycles. The van der Waals surface area contributed by atoms with Crippen molar-refractivity contribution in [2.75, 3.05) is 0 Å². The van der Waals surface area contributed by atoms with E-state index in [1.165, 1.54) is 10.9 Å². The molecule has 0 amide bonds. The van der Waals surface area contributed by atoms with Gasteiger partial charge in [0.05, 0.1) is 15.2 Å². The van der Waals surface area contributed by atoms with Crippen LogP contribution in [0.15, 0.2) is 33.0 Å². The Balaban J connectivity index is 0.00000132. The Morgan fingerprint density at radius 1 is 1.32 bits per heavy atom. The van der Waals surface area contributed by atoms with Crippen LogP contribution in [0.5, 0.6) is 0 Å². The Kier molecular flexibility index (Phi) is 7.78. The zero-order chi connectivity index (χ0) is 22.7. The second-order valence-electron chi connectivity index (χ2n) is 7.19. The van der Waals surface area contributed by atoms with Crippen molar-refractivity contribution >= 4 is 50.6 Å². The van der Waals surface area contributed by atoms with Crippen LogP contribution in [0.2, 0.25) is 5.02 Å². The highest BCUT2D eigenvalue weighted by Crippen LogP contribution is 2.39. The van der Waals surface area contributed by atoms with Crippen LogP contribution in [0.25, 0.3) is 10.2 Å². The van der Waals surface area contributed by atoms with E-state index in [0.29, 0.717) is 15.1 Å². The summed E-state index contributed by atoms with van der Waals surface area (Å²) in [5.74, 6) is 0. The molecule has 0 bridgehead atoms. The topological polar surface area (TPSA) is 78.0 Å². The molecular weight excluding hydrogens is 454 g/mol. The fraction of sp³-hybridized carbons (Fsp3) is 0.455. The van der Waals surface area contributed by atoms with E-state index < -0.39 is 4.92 Å². The number of halogens is 1. The average molecular weight is 480 g/mol. The lowest BCUT2D eigenvalue weighted by Crippen LogP contribution is -2.26. The third kappa shape index (κ3) is 4.66. The van der Waals surface area contributed by atoms with Crippen molar-refractivity contribution in [1.29, 1.82) is 0 Å². The Labute approximate surface area is 194 Å². The zero-order valence-electron chi connectivity index (χ0n) is 18.1. The summed E-state index contributed by atoms with van der Waals surface area (Å²) in [4.78, 5) is 31.8. The molecule has 0 fully saturated rings. The molecule has 2 heterocycles. The smallest absolute Gasteiger partial charge is 0.284 e. The molecule has 1 aromatic carbocycles. The number of nitro benzene ring substituents is 1. The second kappa shape index (κ2) is 10.1. The van der Waals surface area contributed by atoms with E-state index >= 15 is 0 Å². The molecule has 6 nitrogen and oxygen atoms in total. The van der Waals surface area contributed by atoms with Crippen LogP contribution in [-0.2, 0) is 12.8 Å². The van der Waals surface area contributed by atoms with E-state index in [2.05, 4.69) is 0 Å². The summed E-state index contributed by atoms with van der Waals surface area (Å²) < 4.78 is 1.70. The van der Waals surface area contributed by atoms with Gasteiger partial charge in [-0.2, -0.15) is 0 Å². The largest absolute Gasteiger partial charge is 0.284 e. The van der Waals surface area contributed by atoms with Gasteiger partial charge in [-0.3, -0.25) is 19.5 Å². The van der Waals surface area contributed by atoms with Gasteiger partial charge in [-0.05, 0) is 68.5 Å². The molecule has 2 aromatic heterocycles. The first kappa shape index (κ1) is 23.8. The highest BCUT2D eigenvalue weighted by Gasteiger charge is 2.25. The highest BCUT2D eigenvalue weighted by atomic mass is 35.5. The summed E-state index contributed by atoms with van der Waals surface area (Å²) in [5.41, 5.74) is 1.03. The SMILES string of the molecule is CC.CCC(C)n1c(Sc2ccc(Cl)cc2[N+](=O)[O-])nc2sc3c(c2c1=O)CCCC3. The molecule has 0 saturated heterocycles. The van der Waals surface area contributed by atoms with Gasteiger partial charge in [0.25, 0.3) is 11.2 Å². The number of thiophene rings is 1. The fourth-order valence-electron chi connectivity index (χ4n) is 3.66. The quantitative estimate of drug-likeness (QED) is 0.222. The number of aromatic nitrogens is 2. The van der Waals surface area contributed by atoms with Gasteiger partial charge in [-0.25, -0.2) is 4.98 Å². The van der Waals surface area contributed by atoms with Crippen molar-refractivity contribution in [2.45, 2.75) is 75.9 Å². The predicted octanol–water partition coefficient (Wildman–Crippen LogP) is 7.05. The molecule has 166 valence electrons. The number of hydrogen-bond donors (Lipinski definition) is 0. The second-order valence-corrected chi connectivity index (χ2v) is 9.72. The van der Waals surface area contributed by atoms with E-state index in [4.69, 9.17) is 16.6 Å². The third-order valence-corrected chi connectivity index (χ3v) is 7.80. The number of fused-ring (bicyclic) bond motifs is 3. The highest BCUT2D eigenvalue weighted by molar-refractivity contribution is 7.99. The standard InChI is InChI=1S/C20H20ClN3O3S2.C2H6/c1-3-11(2)23-19(25)17-13-6-4-5-7-15(13)28-18(17)22-20(23)29-16-9-8-12(21)10-14(16)24(26)27;1-2/h8-11H,3-7H2,1-2H3;1-2H3. The molecule has 3 aromatic rings. The summed E-state index contributed by atoms with van der Waals surface area (Å²) in [6.07, 6.45) is 4.90. The van der Waals surface area contributed by atoms with E-state index in [0.717, 1.165) is 59.6 Å². The molecule has 0 aliphatic heterocycles. The van der Waals surface area contributed by atoms with Gasteiger partial charge >= 0.3 is 0 Å². The van der Waals surface area contributed by atoms with Crippen molar-refractivity contribution in [3.05, 3.63) is 54.1 Å². The molecule has 4 rings (SSSR count). The summed E-state index contributed by atoms with van der Waals surface area (Å²) in [6.45, 7) is 8.00. The maximum absolute atomic E-state index is 13.5. The zero-order valence-corrected chi connectivity index (χ0v) is 20.5. The van der Waals surface area contributed by atoms with Gasteiger partial charge in [-0.1, -0.05) is 32.4 Å². The summed E-state index contributed by atoms with van der Waals surface area (Å²) in [5, 5.41) is 13.0. The minimum Gasteiger partial charge on any atom is -0.284 e. The van der Waals surface area contributed by atoms with Gasteiger partial charge in [-0.15, -0.1) is 11.3 Å². The van der Waals surface area contributed by atoms with E-state index in [-0.39, 0.29) is 17.3 Å². The first-order valence-electron chi connectivity index (χ1n) is 10.6. The van der Waals surface area contributed by atoms with E-state index in [1.54, 1.807) is 28.0 Å². The van der Waals surface area contributed by atoms with Crippen LogP contribution in [0.4, 0.5) is 5.69 Å². The predicted molar refractivity (Wildman–Crippen MR) is 129 cm³/mol. The van der Waals surface area contributed by atoms with Crippen molar-refractivity contribution in [1.82, 2.24) is 9.55 Å². The van der Waals surface area contributed by atoms with Crippen molar-refractivity contribution < 1.29 is 4.92 Å². The Morgan fingerprint density at radius 3 is 2.71 bits per heavy atom. The van der Waals surface area contributed by atoms with Gasteiger partial charge in [0.2, 0.25) is 0 Å². The van der Waals surface area contributed by atoms with Crippen LogP contribution in [0.1, 0.15) is 63.4 Å². The monoisotopic (exact) mass is 479 g/mol. The lowest BCUT2D eigenvalue weighted by Gasteiger charge is -2.18. The van der Waals surface area contributed by atoms with Crippen LogP contribution in [0, 0.1) is 10.1 Å². The number of hydrogen-bond acceptors (Lipinski definition) is 6. The third-order valence-electron chi connectivity index (χ3n) is 5.34. The minimum absolute atomic E-state index is 0.0390. The van der Waals surface area contributed by atoms with Crippen molar-refractivity contribution in [3.63, 3.8) is 0 Å². The molecular formula is C22H26ClN3O3S2. The average Bonchev–Trinajstić information content (AvgIpc) is 3.14. The van der Waals surface area contributed by atoms with Crippen LogP contribution < -0.4 is 5.56 Å². The van der Waals surface area contributed by atoms with E-state index in [1.807, 2.05) is 27.7 Å². The molecule has 31 heavy (non-hydrogen) atoms. The molecule has 0 radical (unpaired) electrons. The summed E-state index contributed by atoms with van der Waals surface area (Å²) in [6, 6.07) is 4.50. The number of benzene rings is 1. The molecule has 1 aliphatic rings. The number of aryl methyl sites for hydroxylation is 2. The molecule has 0 saturated carbocycles. The fourth-order valence-corrected chi connectivity index (χ4v) is 6.20. The first-order chi connectivity index (χ1) is 14.9. The van der Waals surface area contributed by atoms with Crippen LogP contribution in [0.3, 0.4) is 0 Å². The number of rotatable bonds is 5. The lowest BCUT2D eigenvalue weighted by molar-refractivity contribution is -0.387. The Morgan fingerprint density at radius 2 is 2.03 bits per heavy atom. The van der Waals surface area contributed by atoms with Gasteiger partial charge in [0.15, 0.2) is 5.16 Å². The van der Waals surface area contributed by atoms with Crippen molar-refractivity contribution in [3.8, 4) is 0 Å². The first-order valence-corrected chi connectivity index (χ1v) is 12.6. The van der Waals surface area contributed by atoms with Gasteiger partial charge in [0.1, 0.15) is 4.83 Å². The van der Waals surface area contributed by atoms with Crippen LogP contribution in [-0.4, -0.2) is 14.5 Å². The molecule has 9 heteroatoms. The van der Waals surface area contributed by atoms with E-state index in [9.17, 15) is 14.9 Å².